The van der Waals surface area contributed by atoms with Gasteiger partial charge in [-0.2, -0.15) is 0 Å². The zero-order valence-corrected chi connectivity index (χ0v) is 10.2. The molecule has 3 nitrogen and oxygen atoms in total. The van der Waals surface area contributed by atoms with E-state index in [1.807, 2.05) is 13.8 Å². The highest BCUT2D eigenvalue weighted by molar-refractivity contribution is 5.72. The number of carbonyl (C=O) groups excluding carboxylic acids is 1. The quantitative estimate of drug-likeness (QED) is 0.631. The highest BCUT2D eigenvalue weighted by Gasteiger charge is 2.21. The lowest BCUT2D eigenvalue weighted by Crippen LogP contribution is -2.35. The minimum absolute atomic E-state index is 0.00461. The number of nitrogens with zero attached hydrogens (tertiary/aromatic N) is 1. The standard InChI is InChI=1S/C12H23NO2/c1-4-15-12(14)10(2)8-13(3)9-11-6-5-7-11/h10-11H,4-9H2,1-3H3. The van der Waals surface area contributed by atoms with Crippen molar-refractivity contribution in [1.29, 1.82) is 0 Å². The summed E-state index contributed by atoms with van der Waals surface area (Å²) in [7, 11) is 2.09. The van der Waals surface area contributed by atoms with Crippen molar-refractivity contribution in [3.05, 3.63) is 0 Å². The summed E-state index contributed by atoms with van der Waals surface area (Å²) in [6.45, 7) is 6.21. The third kappa shape index (κ3) is 4.20. The first-order chi connectivity index (χ1) is 7.13. The highest BCUT2D eigenvalue weighted by Crippen LogP contribution is 2.26. The van der Waals surface area contributed by atoms with Crippen LogP contribution >= 0.6 is 0 Å². The van der Waals surface area contributed by atoms with Crippen LogP contribution in [0.3, 0.4) is 0 Å². The Labute approximate surface area is 92.8 Å². The molecular weight excluding hydrogens is 190 g/mol. The minimum atomic E-state index is -0.0713. The van der Waals surface area contributed by atoms with E-state index in [4.69, 9.17) is 4.74 Å². The maximum atomic E-state index is 11.4. The van der Waals surface area contributed by atoms with Crippen LogP contribution in [0.15, 0.2) is 0 Å². The Morgan fingerprint density at radius 1 is 1.53 bits per heavy atom. The van der Waals surface area contributed by atoms with Gasteiger partial charge in [0.2, 0.25) is 0 Å². The zero-order valence-electron chi connectivity index (χ0n) is 10.2. The van der Waals surface area contributed by atoms with Crippen LogP contribution < -0.4 is 0 Å². The molecule has 0 N–H and O–H groups in total. The lowest BCUT2D eigenvalue weighted by Gasteiger charge is -2.31. The first kappa shape index (κ1) is 12.5. The second-order valence-corrected chi connectivity index (χ2v) is 4.67. The summed E-state index contributed by atoms with van der Waals surface area (Å²) in [5.74, 6) is 0.789. The minimum Gasteiger partial charge on any atom is -0.466 e. The second kappa shape index (κ2) is 6.11. The van der Waals surface area contributed by atoms with Gasteiger partial charge in [-0.1, -0.05) is 13.3 Å². The third-order valence-corrected chi connectivity index (χ3v) is 3.07. The Balaban J connectivity index is 2.17. The van der Waals surface area contributed by atoms with Gasteiger partial charge in [-0.05, 0) is 32.7 Å². The molecule has 1 saturated carbocycles. The fourth-order valence-corrected chi connectivity index (χ4v) is 2.02. The number of ether oxygens (including phenoxy) is 1. The summed E-state index contributed by atoms with van der Waals surface area (Å²) in [6.07, 6.45) is 4.10. The molecule has 1 aliphatic rings. The maximum Gasteiger partial charge on any atom is 0.309 e. The average molecular weight is 213 g/mol. The van der Waals surface area contributed by atoms with Crippen LogP contribution in [-0.2, 0) is 9.53 Å². The van der Waals surface area contributed by atoms with Gasteiger partial charge in [-0.3, -0.25) is 4.79 Å². The lowest BCUT2D eigenvalue weighted by molar-refractivity contribution is -0.148. The molecule has 0 bridgehead atoms. The van der Waals surface area contributed by atoms with Gasteiger partial charge in [-0.25, -0.2) is 0 Å². The van der Waals surface area contributed by atoms with Gasteiger partial charge in [0.15, 0.2) is 0 Å². The fraction of sp³-hybridized carbons (Fsp3) is 0.917. The van der Waals surface area contributed by atoms with Crippen LogP contribution in [0, 0.1) is 11.8 Å². The van der Waals surface area contributed by atoms with E-state index in [1.165, 1.54) is 19.3 Å². The highest BCUT2D eigenvalue weighted by atomic mass is 16.5. The van der Waals surface area contributed by atoms with Crippen molar-refractivity contribution in [1.82, 2.24) is 4.90 Å². The molecular formula is C12H23NO2. The van der Waals surface area contributed by atoms with Gasteiger partial charge in [-0.15, -0.1) is 0 Å². The van der Waals surface area contributed by atoms with Crippen molar-refractivity contribution in [3.63, 3.8) is 0 Å². The number of rotatable bonds is 6. The van der Waals surface area contributed by atoms with Crippen molar-refractivity contribution < 1.29 is 9.53 Å². The molecule has 0 heterocycles. The largest absolute Gasteiger partial charge is 0.466 e. The molecule has 0 amide bonds. The van der Waals surface area contributed by atoms with E-state index in [0.29, 0.717) is 6.61 Å². The molecule has 3 heteroatoms. The molecule has 1 atom stereocenters. The van der Waals surface area contributed by atoms with Gasteiger partial charge in [0.05, 0.1) is 12.5 Å². The summed E-state index contributed by atoms with van der Waals surface area (Å²) < 4.78 is 4.98. The molecule has 0 aromatic rings. The van der Waals surface area contributed by atoms with E-state index in [9.17, 15) is 4.79 Å². The molecule has 0 aromatic carbocycles. The van der Waals surface area contributed by atoms with Crippen molar-refractivity contribution in [3.8, 4) is 0 Å². The molecule has 1 unspecified atom stereocenters. The van der Waals surface area contributed by atoms with Crippen LogP contribution in [0.4, 0.5) is 0 Å². The predicted molar refractivity (Wildman–Crippen MR) is 60.6 cm³/mol. The van der Waals surface area contributed by atoms with E-state index in [0.717, 1.165) is 19.0 Å². The Morgan fingerprint density at radius 3 is 2.67 bits per heavy atom. The smallest absolute Gasteiger partial charge is 0.309 e. The molecule has 0 saturated heterocycles. The van der Waals surface area contributed by atoms with Crippen LogP contribution in [-0.4, -0.2) is 37.6 Å². The van der Waals surface area contributed by atoms with Crippen LogP contribution in [0.5, 0.6) is 0 Å². The van der Waals surface area contributed by atoms with E-state index < -0.39 is 0 Å². The summed E-state index contributed by atoms with van der Waals surface area (Å²) in [5.41, 5.74) is 0. The summed E-state index contributed by atoms with van der Waals surface area (Å²) in [6, 6.07) is 0. The monoisotopic (exact) mass is 213 g/mol. The Kier molecular flexibility index (Phi) is 5.09. The van der Waals surface area contributed by atoms with E-state index >= 15 is 0 Å². The summed E-state index contributed by atoms with van der Waals surface area (Å²) in [5, 5.41) is 0. The molecule has 1 rings (SSSR count). The first-order valence-corrected chi connectivity index (χ1v) is 5.98. The first-order valence-electron chi connectivity index (χ1n) is 5.98. The lowest BCUT2D eigenvalue weighted by atomic mass is 9.85. The number of carbonyl (C=O) groups is 1. The van der Waals surface area contributed by atoms with Crippen LogP contribution in [0.25, 0.3) is 0 Å². The molecule has 15 heavy (non-hydrogen) atoms. The van der Waals surface area contributed by atoms with Crippen LogP contribution in [0.1, 0.15) is 33.1 Å². The van der Waals surface area contributed by atoms with Crippen molar-refractivity contribution in [2.75, 3.05) is 26.7 Å². The molecule has 0 radical (unpaired) electrons. The topological polar surface area (TPSA) is 29.5 Å². The van der Waals surface area contributed by atoms with E-state index in [1.54, 1.807) is 0 Å². The number of hydrogen-bond donors (Lipinski definition) is 0. The number of hydrogen-bond acceptors (Lipinski definition) is 3. The average Bonchev–Trinajstić information content (AvgIpc) is 2.12. The fourth-order valence-electron chi connectivity index (χ4n) is 2.02. The van der Waals surface area contributed by atoms with E-state index in [2.05, 4.69) is 11.9 Å². The molecule has 1 fully saturated rings. The molecule has 1 aliphatic carbocycles. The SMILES string of the molecule is CCOC(=O)C(C)CN(C)CC1CCC1. The Morgan fingerprint density at radius 2 is 2.20 bits per heavy atom. The van der Waals surface area contributed by atoms with Gasteiger partial charge < -0.3 is 9.64 Å². The van der Waals surface area contributed by atoms with Crippen LogP contribution in [0.2, 0.25) is 0 Å². The normalized spacial score (nSPS) is 18.7. The zero-order chi connectivity index (χ0) is 11.3. The van der Waals surface area contributed by atoms with Gasteiger partial charge in [0.25, 0.3) is 0 Å². The van der Waals surface area contributed by atoms with Crippen molar-refractivity contribution >= 4 is 5.97 Å². The second-order valence-electron chi connectivity index (χ2n) is 4.67. The predicted octanol–water partition coefficient (Wildman–Crippen LogP) is 1.92. The Bertz CT molecular complexity index is 202. The molecule has 0 aromatic heterocycles. The summed E-state index contributed by atoms with van der Waals surface area (Å²) in [4.78, 5) is 13.7. The van der Waals surface area contributed by atoms with Gasteiger partial charge >= 0.3 is 5.97 Å². The maximum absolute atomic E-state index is 11.4. The van der Waals surface area contributed by atoms with Crippen molar-refractivity contribution in [2.24, 2.45) is 11.8 Å². The molecule has 0 spiro atoms. The van der Waals surface area contributed by atoms with E-state index in [-0.39, 0.29) is 11.9 Å². The van der Waals surface area contributed by atoms with Gasteiger partial charge in [0, 0.05) is 13.1 Å². The number of esters is 1. The van der Waals surface area contributed by atoms with Gasteiger partial charge in [0.1, 0.15) is 0 Å². The summed E-state index contributed by atoms with van der Waals surface area (Å²) >= 11 is 0. The molecule has 88 valence electrons. The Hall–Kier alpha value is -0.570. The molecule has 0 aliphatic heterocycles. The third-order valence-electron chi connectivity index (χ3n) is 3.07. The van der Waals surface area contributed by atoms with Crippen molar-refractivity contribution in [2.45, 2.75) is 33.1 Å².